The Hall–Kier alpha value is -13.0. The van der Waals surface area contributed by atoms with Gasteiger partial charge in [0.05, 0.1) is 102 Å². The Kier molecular flexibility index (Phi) is 24.5. The SMILES string of the molecule is CCC(C)(C)[C@@H](N)c1ccc(C)o1.CCC(C)(C)[C@@H](Nc1c(Nc2c(F)ccc3c2C(=O)N[C@@H]3C)c(=O)c1=O)c1ccc(C)o1.CCC(C)(C)[C@@H](Nc1c(Nc2c(F)ccc3c2C(=O)N[C@H]3C)c(=O)c1=O)c1ccc(C)o1.COc1c(Nc2c(F)ccc3c2C(=O)N[C@@H]3C)c(=O)c1=O.COc1c(Nc2c(F)ccc3c2C(=O)N[C@H]3C)c(=O)c1=O. The minimum atomic E-state index is -0.796. The van der Waals surface area contributed by atoms with Crippen molar-refractivity contribution < 1.29 is 59.5 Å². The van der Waals surface area contributed by atoms with Gasteiger partial charge in [0.15, 0.2) is 11.5 Å². The van der Waals surface area contributed by atoms with Gasteiger partial charge in [-0.2, -0.15) is 0 Å². The molecule has 0 saturated carbocycles. The number of aryl methyl sites for hydroxylation is 3. The maximum absolute atomic E-state index is 14.7. The molecular weight excluding hydrogens is 1550 g/mol. The molecule has 4 aliphatic rings. The van der Waals surface area contributed by atoms with Crippen LogP contribution in [0, 0.1) is 60.3 Å². The Bertz CT molecular complexity index is 5810. The summed E-state index contributed by atoms with van der Waals surface area (Å²) in [5.74, 6) is -0.255. The van der Waals surface area contributed by atoms with Crippen LogP contribution in [0.5, 0.6) is 11.5 Å². The number of carbonyl (C=O) groups excluding carboxylic acids is 4. The molecule has 0 unspecified atom stereocenters. The van der Waals surface area contributed by atoms with Crippen LogP contribution in [0.4, 0.5) is 74.4 Å². The molecule has 32 heteroatoms. The largest absolute Gasteiger partial charge is 0.491 e. The van der Waals surface area contributed by atoms with E-state index in [0.717, 1.165) is 42.3 Å². The molecule has 11 aromatic rings. The monoisotopic (exact) mass is 1640 g/mol. The van der Waals surface area contributed by atoms with E-state index in [1.165, 1.54) is 50.6 Å². The number of anilines is 10. The molecule has 4 aliphatic heterocycles. The standard InChI is InChI=1S/2C24H26FN3O4.2C14H11FN2O4.C11H19NO/c2*1-6-24(4,5)22(15-10-7-11(2)32-15)28-19-18(20(29)21(19)30)27-17-14(25)9-8-13-12(3)26-23(31)16(13)17;2*1-5-6-3-4-7(15)9(8(6)14(20)16-5)17-10-11(18)12(19)13(10)21-2;1-5-11(3,4)10(12)9-7-6-8(2)13-9/h2*7-10,12,22,27-28H,6H2,1-5H3,(H,26,31);2*3-5,17H,1-2H3,(H,16,20);6-7,10H,5,12H2,1-4H3/t12-,22+;12-,22-;2*5-;10-/m10100/s1. The molecule has 0 saturated heterocycles. The van der Waals surface area contributed by atoms with Gasteiger partial charge in [-0.25, -0.2) is 17.6 Å². The number of nitrogens with two attached hydrogens (primary N) is 1. The van der Waals surface area contributed by atoms with E-state index < -0.39 is 102 Å². The van der Waals surface area contributed by atoms with Crippen LogP contribution in [0.3, 0.4) is 0 Å². The molecule has 15 rings (SSSR count). The summed E-state index contributed by atoms with van der Waals surface area (Å²) in [7, 11) is 2.48. The van der Waals surface area contributed by atoms with E-state index in [4.69, 9.17) is 28.5 Å². The second kappa shape index (κ2) is 33.5. The van der Waals surface area contributed by atoms with E-state index in [9.17, 15) is 75.1 Å². The van der Waals surface area contributed by atoms with Crippen LogP contribution in [-0.4, -0.2) is 37.8 Å². The number of rotatable bonds is 23. The zero-order chi connectivity index (χ0) is 87.4. The highest BCUT2D eigenvalue weighted by Crippen LogP contribution is 2.46. The molecule has 7 heterocycles. The van der Waals surface area contributed by atoms with Crippen molar-refractivity contribution in [1.29, 1.82) is 0 Å². The lowest BCUT2D eigenvalue weighted by molar-refractivity contribution is 0.0950. The Labute approximate surface area is 679 Å². The molecular formula is C87H93F4N11O17. The van der Waals surface area contributed by atoms with Crippen LogP contribution in [-0.2, 0) is 0 Å². The number of amides is 4. The third-order valence-corrected chi connectivity index (χ3v) is 22.7. The van der Waals surface area contributed by atoms with E-state index in [2.05, 4.69) is 73.9 Å². The Balaban J connectivity index is 0.000000150. The smallest absolute Gasteiger partial charge is 0.272 e. The summed E-state index contributed by atoms with van der Waals surface area (Å²) >= 11 is 0. The van der Waals surface area contributed by atoms with Crippen LogP contribution in [0.2, 0.25) is 0 Å². The first-order chi connectivity index (χ1) is 56.0. The highest BCUT2D eigenvalue weighted by atomic mass is 19.1. The van der Waals surface area contributed by atoms with E-state index in [1.54, 1.807) is 39.8 Å². The fourth-order valence-corrected chi connectivity index (χ4v) is 14.3. The molecule has 0 fully saturated rings. The summed E-state index contributed by atoms with van der Waals surface area (Å²) in [6.07, 6.45) is 2.58. The fourth-order valence-electron chi connectivity index (χ4n) is 14.3. The maximum Gasteiger partial charge on any atom is 0.272 e. The first-order valence-corrected chi connectivity index (χ1v) is 38.5. The van der Waals surface area contributed by atoms with Gasteiger partial charge < -0.3 is 81.6 Å². The summed E-state index contributed by atoms with van der Waals surface area (Å²) < 4.78 is 84.1. The van der Waals surface area contributed by atoms with Gasteiger partial charge in [-0.15, -0.1) is 0 Å². The zero-order valence-corrected chi connectivity index (χ0v) is 68.8. The van der Waals surface area contributed by atoms with Gasteiger partial charge in [0.25, 0.3) is 67.1 Å². The van der Waals surface area contributed by atoms with Crippen molar-refractivity contribution in [1.82, 2.24) is 21.3 Å². The molecule has 12 N–H and O–H groups in total. The minimum Gasteiger partial charge on any atom is -0.491 e. The van der Waals surface area contributed by atoms with Crippen molar-refractivity contribution in [2.75, 3.05) is 46.1 Å². The average Bonchev–Trinajstić information content (AvgIpc) is 1.75. The lowest BCUT2D eigenvalue weighted by Crippen LogP contribution is -2.40. The third-order valence-electron chi connectivity index (χ3n) is 22.7. The molecule has 0 radical (unpaired) electrons. The van der Waals surface area contributed by atoms with Gasteiger partial charge in [0.2, 0.25) is 0 Å². The summed E-state index contributed by atoms with van der Waals surface area (Å²) in [6.45, 7) is 31.3. The highest BCUT2D eigenvalue weighted by Gasteiger charge is 2.41. The molecule has 0 aliphatic carbocycles. The summed E-state index contributed by atoms with van der Waals surface area (Å²) in [5.41, 5.74) is 1.81. The topological polar surface area (TPSA) is 409 Å². The normalized spacial score (nSPS) is 16.5. The van der Waals surface area contributed by atoms with Crippen LogP contribution < -0.4 is 112 Å². The quantitative estimate of drug-likeness (QED) is 0.0209. The van der Waals surface area contributed by atoms with Crippen molar-refractivity contribution in [3.05, 3.63) is 269 Å². The molecule has 7 atom stereocenters. The summed E-state index contributed by atoms with van der Waals surface area (Å²) in [6, 6.07) is 20.4. The fraction of sp³-hybridized carbons (Fsp3) is 0.356. The first kappa shape index (κ1) is 86.8. The number of hydrogen-bond donors (Lipinski definition) is 11. The maximum atomic E-state index is 14.7. The summed E-state index contributed by atoms with van der Waals surface area (Å²) in [4.78, 5) is 144. The third kappa shape index (κ3) is 16.4. The van der Waals surface area contributed by atoms with E-state index >= 15 is 0 Å². The molecule has 28 nitrogen and oxygen atoms in total. The molecule has 626 valence electrons. The van der Waals surface area contributed by atoms with Crippen molar-refractivity contribution in [3.8, 4) is 11.5 Å². The number of carbonyl (C=O) groups is 4. The van der Waals surface area contributed by atoms with Gasteiger partial charge in [0.1, 0.15) is 92.0 Å². The highest BCUT2D eigenvalue weighted by molar-refractivity contribution is 6.08. The summed E-state index contributed by atoms with van der Waals surface area (Å²) in [5, 5.41) is 27.6. The van der Waals surface area contributed by atoms with Crippen molar-refractivity contribution in [3.63, 3.8) is 0 Å². The Morgan fingerprint density at radius 2 is 0.597 bits per heavy atom. The molecule has 119 heavy (non-hydrogen) atoms. The van der Waals surface area contributed by atoms with Crippen molar-refractivity contribution in [2.24, 2.45) is 22.0 Å². The van der Waals surface area contributed by atoms with Gasteiger partial charge in [-0.1, -0.05) is 86.6 Å². The zero-order valence-electron chi connectivity index (χ0n) is 68.8. The number of benzene rings is 4. The Morgan fingerprint density at radius 3 is 0.840 bits per heavy atom. The number of nitrogens with one attached hydrogen (secondary N) is 10. The van der Waals surface area contributed by atoms with E-state index in [0.29, 0.717) is 33.8 Å². The number of ether oxygens (including phenoxy) is 2. The van der Waals surface area contributed by atoms with E-state index in [-0.39, 0.29) is 137 Å². The lowest BCUT2D eigenvalue weighted by Gasteiger charge is -2.34. The Morgan fingerprint density at radius 1 is 0.353 bits per heavy atom. The van der Waals surface area contributed by atoms with Gasteiger partial charge in [0, 0.05) is 0 Å². The number of furan rings is 3. The van der Waals surface area contributed by atoms with Crippen LogP contribution in [0.25, 0.3) is 0 Å². The molecule has 0 bridgehead atoms. The number of fused-ring (bicyclic) bond motifs is 4. The number of methoxy groups -OCH3 is 2. The van der Waals surface area contributed by atoms with Gasteiger partial charge in [-0.05, 0) is 167 Å². The number of halogens is 4. The second-order valence-electron chi connectivity index (χ2n) is 31.8. The number of hydrogen-bond acceptors (Lipinski definition) is 24. The lowest BCUT2D eigenvalue weighted by atomic mass is 9.80. The van der Waals surface area contributed by atoms with E-state index in [1.807, 2.05) is 98.7 Å². The predicted octanol–water partition coefficient (Wildman–Crippen LogP) is 13.9. The average molecular weight is 1640 g/mol. The van der Waals surface area contributed by atoms with Crippen LogP contribution in [0.1, 0.15) is 250 Å². The van der Waals surface area contributed by atoms with Gasteiger partial charge in [-0.3, -0.25) is 57.5 Å². The van der Waals surface area contributed by atoms with Crippen molar-refractivity contribution >= 4 is 80.5 Å². The predicted molar refractivity (Wildman–Crippen MR) is 443 cm³/mol. The van der Waals surface area contributed by atoms with Gasteiger partial charge >= 0.3 is 0 Å². The van der Waals surface area contributed by atoms with Crippen LogP contribution in [0.15, 0.2) is 137 Å². The first-order valence-electron chi connectivity index (χ1n) is 38.5. The molecule has 3 aromatic heterocycles. The second-order valence-corrected chi connectivity index (χ2v) is 31.8. The molecule has 8 aromatic carbocycles. The minimum absolute atomic E-state index is 0.00815. The van der Waals surface area contributed by atoms with Crippen molar-refractivity contribution in [2.45, 2.75) is 172 Å². The molecule has 4 amide bonds. The molecule has 0 spiro atoms. The van der Waals surface area contributed by atoms with Crippen LogP contribution >= 0.6 is 0 Å².